The molecule has 15 heavy (non-hydrogen) atoms. The summed E-state index contributed by atoms with van der Waals surface area (Å²) in [4.78, 5) is 0. The first-order chi connectivity index (χ1) is 7.31. The molecule has 0 heterocycles. The van der Waals surface area contributed by atoms with Crippen molar-refractivity contribution in [2.75, 3.05) is 0 Å². The molecule has 0 spiro atoms. The fourth-order valence-electron chi connectivity index (χ4n) is 1.75. The molecule has 0 saturated heterocycles. The second kappa shape index (κ2) is 11.6. The van der Waals surface area contributed by atoms with Crippen LogP contribution in [-0.2, 0) is 0 Å². The fraction of sp³-hybridized carbons (Fsp3) is 0.733. The average molecular weight is 208 g/mol. The number of unbranched alkanes of at least 4 members (excludes halogenated alkanes) is 6. The molecule has 0 aromatic rings. The normalized spacial score (nSPS) is 10.2. The zero-order chi connectivity index (χ0) is 11.4. The number of hydrogen-bond acceptors (Lipinski definition) is 0. The van der Waals surface area contributed by atoms with E-state index in [1.807, 2.05) is 6.08 Å². The van der Waals surface area contributed by atoms with E-state index in [1.54, 1.807) is 0 Å². The number of allylic oxidation sites excluding steroid dienone is 2. The second-order valence-electron chi connectivity index (χ2n) is 4.45. The molecule has 0 radical (unpaired) electrons. The Labute approximate surface area is 96.5 Å². The van der Waals surface area contributed by atoms with Gasteiger partial charge >= 0.3 is 0 Å². The van der Waals surface area contributed by atoms with Gasteiger partial charge in [-0.3, -0.25) is 0 Å². The predicted molar refractivity (Wildman–Crippen MR) is 71.2 cm³/mol. The molecule has 0 rings (SSSR count). The van der Waals surface area contributed by atoms with E-state index in [9.17, 15) is 0 Å². The van der Waals surface area contributed by atoms with Crippen molar-refractivity contribution in [1.29, 1.82) is 0 Å². The highest BCUT2D eigenvalue weighted by Crippen LogP contribution is 2.14. The molecule has 0 fully saturated rings. The molecule has 0 aliphatic heterocycles. The Kier molecular flexibility index (Phi) is 11.2. The summed E-state index contributed by atoms with van der Waals surface area (Å²) in [5.41, 5.74) is 1.46. The van der Waals surface area contributed by atoms with Crippen molar-refractivity contribution in [2.24, 2.45) is 0 Å². The molecule has 88 valence electrons. The maximum atomic E-state index is 4.13. The minimum absolute atomic E-state index is 1.18. The van der Waals surface area contributed by atoms with Crippen LogP contribution in [0.5, 0.6) is 0 Å². The highest BCUT2D eigenvalue weighted by Gasteiger charge is 1.95. The van der Waals surface area contributed by atoms with Crippen molar-refractivity contribution < 1.29 is 0 Å². The van der Waals surface area contributed by atoms with Crippen molar-refractivity contribution in [3.8, 4) is 0 Å². The summed E-state index contributed by atoms with van der Waals surface area (Å²) < 4.78 is 0. The van der Waals surface area contributed by atoms with Crippen LogP contribution in [0, 0.1) is 0 Å². The minimum Gasteiger partial charge on any atom is -0.103 e. The van der Waals surface area contributed by atoms with E-state index in [2.05, 4.69) is 20.1 Å². The third kappa shape index (κ3) is 11.4. The third-order valence-electron chi connectivity index (χ3n) is 2.82. The summed E-state index contributed by atoms with van der Waals surface area (Å²) >= 11 is 0. The Hall–Kier alpha value is -0.520. The Bertz CT molecular complexity index is 155. The van der Waals surface area contributed by atoms with E-state index in [4.69, 9.17) is 0 Å². The Morgan fingerprint density at radius 2 is 1.53 bits per heavy atom. The zero-order valence-electron chi connectivity index (χ0n) is 10.6. The minimum atomic E-state index is 1.18. The molecule has 0 saturated carbocycles. The van der Waals surface area contributed by atoms with Crippen molar-refractivity contribution in [2.45, 2.75) is 71.1 Å². The van der Waals surface area contributed by atoms with Crippen LogP contribution in [0.4, 0.5) is 0 Å². The molecule has 0 N–H and O–H groups in total. The Morgan fingerprint density at radius 3 is 2.20 bits per heavy atom. The van der Waals surface area contributed by atoms with Crippen LogP contribution in [0.25, 0.3) is 0 Å². The van der Waals surface area contributed by atoms with Gasteiger partial charge < -0.3 is 0 Å². The fourth-order valence-corrected chi connectivity index (χ4v) is 1.75. The van der Waals surface area contributed by atoms with E-state index >= 15 is 0 Å². The van der Waals surface area contributed by atoms with Gasteiger partial charge in [0.05, 0.1) is 0 Å². The van der Waals surface area contributed by atoms with Gasteiger partial charge in [-0.2, -0.15) is 0 Å². The van der Waals surface area contributed by atoms with Gasteiger partial charge in [0.15, 0.2) is 0 Å². The second-order valence-corrected chi connectivity index (χ2v) is 4.45. The van der Waals surface area contributed by atoms with Gasteiger partial charge in [0.25, 0.3) is 0 Å². The first-order valence-electron chi connectivity index (χ1n) is 6.58. The first-order valence-corrected chi connectivity index (χ1v) is 6.58. The molecule has 0 nitrogen and oxygen atoms in total. The van der Waals surface area contributed by atoms with E-state index in [0.29, 0.717) is 0 Å². The summed E-state index contributed by atoms with van der Waals surface area (Å²) in [6.45, 7) is 10.1. The molecule has 0 heteroatoms. The topological polar surface area (TPSA) is 0 Å². The number of hydrogen-bond donors (Lipinski definition) is 0. The Morgan fingerprint density at radius 1 is 0.933 bits per heavy atom. The van der Waals surface area contributed by atoms with E-state index in [0.717, 1.165) is 0 Å². The number of rotatable bonds is 11. The molecule has 0 aliphatic carbocycles. The van der Waals surface area contributed by atoms with E-state index in [-0.39, 0.29) is 0 Å². The molecule has 0 aromatic carbocycles. The zero-order valence-corrected chi connectivity index (χ0v) is 10.6. The SMILES string of the molecule is C=CCCCCCCCC(=C)CCCC. The lowest BCUT2D eigenvalue weighted by atomic mass is 10.0. The molecule has 0 aromatic heterocycles. The standard InChI is InChI=1S/C15H28/c1-4-6-8-9-10-11-12-14-15(3)13-7-5-2/h4H,1,3,5-14H2,2H3. The van der Waals surface area contributed by atoms with Crippen LogP contribution in [0.3, 0.4) is 0 Å². The van der Waals surface area contributed by atoms with Crippen LogP contribution in [0.2, 0.25) is 0 Å². The Balaban J connectivity index is 3.09. The largest absolute Gasteiger partial charge is 0.103 e. The van der Waals surface area contributed by atoms with Crippen LogP contribution in [0.1, 0.15) is 71.1 Å². The highest BCUT2D eigenvalue weighted by molar-refractivity contribution is 4.93. The lowest BCUT2D eigenvalue weighted by molar-refractivity contribution is 0.608. The van der Waals surface area contributed by atoms with E-state index in [1.165, 1.54) is 69.8 Å². The van der Waals surface area contributed by atoms with Crippen molar-refractivity contribution in [3.63, 3.8) is 0 Å². The molecule has 0 bridgehead atoms. The van der Waals surface area contributed by atoms with Gasteiger partial charge in [0.2, 0.25) is 0 Å². The van der Waals surface area contributed by atoms with Gasteiger partial charge in [-0.25, -0.2) is 0 Å². The average Bonchev–Trinajstić information content (AvgIpc) is 2.25. The molecular weight excluding hydrogens is 180 g/mol. The summed E-state index contributed by atoms with van der Waals surface area (Å²) in [7, 11) is 0. The lowest BCUT2D eigenvalue weighted by Gasteiger charge is -2.04. The predicted octanol–water partition coefficient (Wildman–Crippen LogP) is 5.65. The smallest absolute Gasteiger partial charge is 0.0323 e. The first kappa shape index (κ1) is 14.5. The quantitative estimate of drug-likeness (QED) is 0.304. The van der Waals surface area contributed by atoms with Crippen molar-refractivity contribution in [3.05, 3.63) is 24.8 Å². The molecule has 0 amide bonds. The van der Waals surface area contributed by atoms with Gasteiger partial charge in [-0.05, 0) is 38.5 Å². The maximum Gasteiger partial charge on any atom is -0.0323 e. The van der Waals surface area contributed by atoms with Crippen LogP contribution < -0.4 is 0 Å². The monoisotopic (exact) mass is 208 g/mol. The molecule has 0 atom stereocenters. The van der Waals surface area contributed by atoms with Crippen molar-refractivity contribution in [1.82, 2.24) is 0 Å². The van der Waals surface area contributed by atoms with Crippen LogP contribution >= 0.6 is 0 Å². The van der Waals surface area contributed by atoms with Crippen LogP contribution in [0.15, 0.2) is 24.8 Å². The molecule has 0 aliphatic rings. The summed E-state index contributed by atoms with van der Waals surface area (Å²) in [5.74, 6) is 0. The maximum absolute atomic E-state index is 4.13. The summed E-state index contributed by atoms with van der Waals surface area (Å²) in [6, 6.07) is 0. The van der Waals surface area contributed by atoms with Crippen molar-refractivity contribution >= 4 is 0 Å². The van der Waals surface area contributed by atoms with Gasteiger partial charge in [0.1, 0.15) is 0 Å². The highest BCUT2D eigenvalue weighted by atomic mass is 14.0. The van der Waals surface area contributed by atoms with Gasteiger partial charge in [0, 0.05) is 0 Å². The molecular formula is C15H28. The summed E-state index contributed by atoms with van der Waals surface area (Å²) in [5, 5.41) is 0. The summed E-state index contributed by atoms with van der Waals surface area (Å²) in [6.07, 6.45) is 15.1. The van der Waals surface area contributed by atoms with E-state index < -0.39 is 0 Å². The van der Waals surface area contributed by atoms with Gasteiger partial charge in [-0.15, -0.1) is 6.58 Å². The third-order valence-corrected chi connectivity index (χ3v) is 2.82. The molecule has 0 unspecified atom stereocenters. The van der Waals surface area contributed by atoms with Crippen LogP contribution in [-0.4, -0.2) is 0 Å². The van der Waals surface area contributed by atoms with Gasteiger partial charge in [-0.1, -0.05) is 50.8 Å². The lowest BCUT2D eigenvalue weighted by Crippen LogP contribution is -1.84.